The molecule has 3 nitrogen and oxygen atoms in total. The lowest BCUT2D eigenvalue weighted by Crippen LogP contribution is -2.29. The lowest BCUT2D eigenvalue weighted by Gasteiger charge is -2.24. The summed E-state index contributed by atoms with van der Waals surface area (Å²) >= 11 is 0. The molecule has 7 heteroatoms. The molecule has 0 aliphatic carbocycles. The van der Waals surface area contributed by atoms with Gasteiger partial charge in [0.15, 0.2) is 5.75 Å². The molecule has 0 amide bonds. The summed E-state index contributed by atoms with van der Waals surface area (Å²) in [4.78, 5) is 11.9. The minimum Gasteiger partial charge on any atom is -0.482 e. The molecule has 0 unspecified atom stereocenters. The van der Waals surface area contributed by atoms with Gasteiger partial charge in [0.2, 0.25) is 29.0 Å². The number of carbonyl (C=O) groups excluding carboxylic acids is 1. The number of rotatable bonds is 4. The predicted octanol–water partition coefficient (Wildman–Crippen LogP) is 4.76. The van der Waals surface area contributed by atoms with Crippen molar-refractivity contribution in [2.45, 2.75) is 53.6 Å². The fourth-order valence-electron chi connectivity index (χ4n) is 1.45. The zero-order valence-electron chi connectivity index (χ0n) is 13.9. The maximum absolute atomic E-state index is 14.0. The van der Waals surface area contributed by atoms with Gasteiger partial charge in [-0.25, -0.2) is 0 Å². The third-order valence-electron chi connectivity index (χ3n) is 3.22. The Labute approximate surface area is 132 Å². The van der Waals surface area contributed by atoms with E-state index in [-0.39, 0.29) is 0 Å². The molecule has 1 aromatic rings. The average molecular weight is 336 g/mol. The highest BCUT2D eigenvalue weighted by Gasteiger charge is 2.34. The summed E-state index contributed by atoms with van der Waals surface area (Å²) in [6.07, 6.45) is 0.311. The first-order valence-corrected chi connectivity index (χ1v) is 7.09. The van der Waals surface area contributed by atoms with Crippen molar-refractivity contribution in [3.05, 3.63) is 23.3 Å². The molecule has 0 atom stereocenters. The highest BCUT2D eigenvalue weighted by molar-refractivity contribution is 5.78. The summed E-state index contributed by atoms with van der Waals surface area (Å²) in [5, 5.41) is 0. The van der Waals surface area contributed by atoms with Gasteiger partial charge in [-0.05, 0) is 41.0 Å². The number of carbonyl (C=O) groups is 1. The molecule has 0 saturated carbocycles. The van der Waals surface area contributed by atoms with Crippen LogP contribution in [0.3, 0.4) is 0 Å². The van der Waals surface area contributed by atoms with Gasteiger partial charge in [-0.3, -0.25) is 4.79 Å². The molecule has 0 N–H and O–H groups in total. The van der Waals surface area contributed by atoms with Crippen molar-refractivity contribution in [2.75, 3.05) is 0 Å². The van der Waals surface area contributed by atoms with Crippen LogP contribution in [0.4, 0.5) is 17.6 Å². The van der Waals surface area contributed by atoms with Crippen LogP contribution in [-0.2, 0) is 4.79 Å². The van der Waals surface area contributed by atoms with Gasteiger partial charge >= 0.3 is 5.97 Å². The molecule has 0 bridgehead atoms. The van der Waals surface area contributed by atoms with Crippen LogP contribution >= 0.6 is 0 Å². The topological polar surface area (TPSA) is 35.5 Å². The minimum atomic E-state index is -1.82. The molecule has 1 rings (SSSR count). The van der Waals surface area contributed by atoms with E-state index in [1.807, 2.05) is 0 Å². The fraction of sp³-hybridized carbons (Fsp3) is 0.562. The van der Waals surface area contributed by atoms with E-state index >= 15 is 0 Å². The van der Waals surface area contributed by atoms with Gasteiger partial charge in [-0.2, -0.15) is 17.6 Å². The molecule has 0 heterocycles. The molecule has 23 heavy (non-hydrogen) atoms. The molecule has 0 aromatic heterocycles. The van der Waals surface area contributed by atoms with Crippen LogP contribution in [0.1, 0.15) is 48.0 Å². The van der Waals surface area contributed by atoms with Gasteiger partial charge in [-0.1, -0.05) is 6.92 Å². The molecule has 0 saturated heterocycles. The first-order chi connectivity index (χ1) is 10.3. The predicted molar refractivity (Wildman–Crippen MR) is 76.4 cm³/mol. The normalized spacial score (nSPS) is 12.3. The monoisotopic (exact) mass is 336 g/mol. The van der Waals surface area contributed by atoms with E-state index < -0.39 is 51.8 Å². The molecule has 0 aliphatic rings. The fourth-order valence-corrected chi connectivity index (χ4v) is 1.45. The van der Waals surface area contributed by atoms with Crippen LogP contribution in [0, 0.1) is 28.7 Å². The molecule has 0 radical (unpaired) electrons. The van der Waals surface area contributed by atoms with Crippen molar-refractivity contribution in [3.63, 3.8) is 0 Å². The second kappa shape index (κ2) is 6.37. The first-order valence-electron chi connectivity index (χ1n) is 7.09. The van der Waals surface area contributed by atoms with Gasteiger partial charge in [0.05, 0.1) is 5.41 Å². The Balaban J connectivity index is 3.36. The molecule has 0 spiro atoms. The highest BCUT2D eigenvalue weighted by atomic mass is 19.2. The number of esters is 1. The zero-order chi connectivity index (χ0) is 18.2. The summed E-state index contributed by atoms with van der Waals surface area (Å²) in [6, 6.07) is 0. The molecular formula is C16H20F4O3. The summed E-state index contributed by atoms with van der Waals surface area (Å²) in [5.74, 6) is -10.7. The third-order valence-corrected chi connectivity index (χ3v) is 3.22. The van der Waals surface area contributed by atoms with E-state index in [9.17, 15) is 22.4 Å². The second-order valence-electron chi connectivity index (χ2n) is 6.76. The SMILES string of the molecule is CCC(C)(C)C(=O)Oc1c(F)c(F)c(OC(C)(C)C)c(F)c1F. The van der Waals surface area contributed by atoms with Crippen molar-refractivity contribution in [3.8, 4) is 11.5 Å². The standard InChI is InChI=1S/C16H20F4O3/c1-7-16(5,6)14(21)22-12-8(17)10(19)13(11(20)9(12)18)23-15(2,3)4/h7H2,1-6H3. The molecule has 1 aromatic carbocycles. The lowest BCUT2D eigenvalue weighted by molar-refractivity contribution is -0.144. The van der Waals surface area contributed by atoms with Gasteiger partial charge in [0.1, 0.15) is 5.60 Å². The number of benzene rings is 1. The van der Waals surface area contributed by atoms with Crippen molar-refractivity contribution in [1.82, 2.24) is 0 Å². The van der Waals surface area contributed by atoms with Crippen LogP contribution in [0.15, 0.2) is 0 Å². The van der Waals surface area contributed by atoms with E-state index in [0.29, 0.717) is 6.42 Å². The van der Waals surface area contributed by atoms with Crippen LogP contribution in [0.2, 0.25) is 0 Å². The summed E-state index contributed by atoms with van der Waals surface area (Å²) in [5.41, 5.74) is -2.14. The Morgan fingerprint density at radius 1 is 0.870 bits per heavy atom. The van der Waals surface area contributed by atoms with Crippen molar-refractivity contribution >= 4 is 5.97 Å². The van der Waals surface area contributed by atoms with E-state index in [1.165, 1.54) is 34.6 Å². The average Bonchev–Trinajstić information content (AvgIpc) is 2.44. The third kappa shape index (κ3) is 4.14. The Morgan fingerprint density at radius 2 is 1.26 bits per heavy atom. The number of ether oxygens (including phenoxy) is 2. The van der Waals surface area contributed by atoms with Crippen molar-refractivity contribution in [1.29, 1.82) is 0 Å². The minimum absolute atomic E-state index is 0.311. The summed E-state index contributed by atoms with van der Waals surface area (Å²) in [6.45, 7) is 9.00. The van der Waals surface area contributed by atoms with Gasteiger partial charge in [0, 0.05) is 0 Å². The molecule has 130 valence electrons. The summed E-state index contributed by atoms with van der Waals surface area (Å²) in [7, 11) is 0. The van der Waals surface area contributed by atoms with Crippen LogP contribution in [-0.4, -0.2) is 11.6 Å². The lowest BCUT2D eigenvalue weighted by atomic mass is 9.91. The second-order valence-corrected chi connectivity index (χ2v) is 6.76. The first kappa shape index (κ1) is 19.3. The van der Waals surface area contributed by atoms with E-state index in [0.717, 1.165) is 0 Å². The van der Waals surface area contributed by atoms with Crippen molar-refractivity contribution in [2.24, 2.45) is 5.41 Å². The smallest absolute Gasteiger partial charge is 0.317 e. The Hall–Kier alpha value is -1.79. The quantitative estimate of drug-likeness (QED) is 0.344. The Morgan fingerprint density at radius 3 is 1.61 bits per heavy atom. The largest absolute Gasteiger partial charge is 0.482 e. The van der Waals surface area contributed by atoms with E-state index in [1.54, 1.807) is 6.92 Å². The van der Waals surface area contributed by atoms with E-state index in [4.69, 9.17) is 4.74 Å². The molecular weight excluding hydrogens is 316 g/mol. The Bertz CT molecular complexity index is 590. The van der Waals surface area contributed by atoms with Gasteiger partial charge in [-0.15, -0.1) is 0 Å². The highest BCUT2D eigenvalue weighted by Crippen LogP contribution is 2.37. The number of hydrogen-bond acceptors (Lipinski definition) is 3. The zero-order valence-corrected chi connectivity index (χ0v) is 13.9. The van der Waals surface area contributed by atoms with Gasteiger partial charge in [0.25, 0.3) is 0 Å². The van der Waals surface area contributed by atoms with Gasteiger partial charge < -0.3 is 9.47 Å². The molecule has 0 aliphatic heterocycles. The van der Waals surface area contributed by atoms with Crippen molar-refractivity contribution < 1.29 is 31.8 Å². The molecule has 0 fully saturated rings. The maximum Gasteiger partial charge on any atom is 0.317 e. The van der Waals surface area contributed by atoms with Crippen LogP contribution in [0.25, 0.3) is 0 Å². The maximum atomic E-state index is 14.0. The number of halogens is 4. The van der Waals surface area contributed by atoms with E-state index in [2.05, 4.69) is 4.74 Å². The van der Waals surface area contributed by atoms with Crippen LogP contribution < -0.4 is 9.47 Å². The van der Waals surface area contributed by atoms with Crippen LogP contribution in [0.5, 0.6) is 11.5 Å². The Kier molecular flexibility index (Phi) is 5.34. The number of hydrogen-bond donors (Lipinski definition) is 0. The summed E-state index contributed by atoms with van der Waals surface area (Å²) < 4.78 is 65.4.